The van der Waals surface area contributed by atoms with E-state index in [-0.39, 0.29) is 49.2 Å². The first-order valence-electron chi connectivity index (χ1n) is 10.2. The van der Waals surface area contributed by atoms with E-state index < -0.39 is 22.4 Å². The second-order valence-corrected chi connectivity index (χ2v) is 10.4. The number of halogens is 3. The molecule has 1 fully saturated rings. The van der Waals surface area contributed by atoms with Crippen molar-refractivity contribution in [1.82, 2.24) is 14.4 Å². The van der Waals surface area contributed by atoms with Crippen LogP contribution in [0.1, 0.15) is 30.1 Å². The van der Waals surface area contributed by atoms with Gasteiger partial charge in [0.2, 0.25) is 0 Å². The van der Waals surface area contributed by atoms with Crippen LogP contribution >= 0.6 is 23.2 Å². The van der Waals surface area contributed by atoms with Gasteiger partial charge in [-0.05, 0) is 42.7 Å². The minimum atomic E-state index is -4.35. The summed E-state index contributed by atoms with van der Waals surface area (Å²) in [5.74, 6) is 0.354. The predicted molar refractivity (Wildman–Crippen MR) is 128 cm³/mol. The number of nitrogens with zero attached hydrogens (tertiary/aromatic N) is 3. The third-order valence-corrected chi connectivity index (χ3v) is 7.76. The molecule has 0 amide bonds. The average molecular weight is 522 g/mol. The van der Waals surface area contributed by atoms with Gasteiger partial charge in [-0.15, -0.1) is 0 Å². The minimum Gasteiger partial charge on any atom is -0.392 e. The van der Waals surface area contributed by atoms with Crippen LogP contribution < -0.4 is 10.5 Å². The number of nitrogen functional groups attached to an aromatic ring is 1. The van der Waals surface area contributed by atoms with Gasteiger partial charge in [-0.3, -0.25) is 9.12 Å². The lowest BCUT2D eigenvalue weighted by Crippen LogP contribution is -2.15. The number of nitrogens with one attached hydrogen (secondary N) is 1. The van der Waals surface area contributed by atoms with Gasteiger partial charge in [0, 0.05) is 28.9 Å². The molecule has 12 heteroatoms. The van der Waals surface area contributed by atoms with Crippen molar-refractivity contribution in [3.63, 3.8) is 0 Å². The number of benzene rings is 2. The second-order valence-electron chi connectivity index (χ2n) is 7.93. The van der Waals surface area contributed by atoms with Crippen molar-refractivity contribution in [2.45, 2.75) is 30.3 Å². The Kier molecular flexibility index (Phi) is 5.64. The zero-order chi connectivity index (χ0) is 24.2. The smallest absolute Gasteiger partial charge is 0.263 e. The molecule has 0 unspecified atom stereocenters. The SMILES string of the molecule is Nc1nccn2c(C3CC3)nc(-c3cccc(NS(=O)(=O)c4cc(Cl)cc(CO)c4Cl)c3F)c12. The van der Waals surface area contributed by atoms with Gasteiger partial charge >= 0.3 is 0 Å². The summed E-state index contributed by atoms with van der Waals surface area (Å²) in [7, 11) is -4.35. The fourth-order valence-corrected chi connectivity index (χ4v) is 5.81. The van der Waals surface area contributed by atoms with E-state index >= 15 is 4.39 Å². The van der Waals surface area contributed by atoms with Crippen molar-refractivity contribution >= 4 is 50.2 Å². The predicted octanol–water partition coefficient (Wildman–Crippen LogP) is 4.59. The summed E-state index contributed by atoms with van der Waals surface area (Å²) >= 11 is 12.1. The Morgan fingerprint density at radius 1 is 1.26 bits per heavy atom. The Bertz CT molecular complexity index is 1550. The molecule has 5 rings (SSSR count). The molecule has 2 heterocycles. The van der Waals surface area contributed by atoms with E-state index in [1.807, 2.05) is 0 Å². The maximum atomic E-state index is 15.7. The number of aliphatic hydroxyl groups excluding tert-OH is 1. The Morgan fingerprint density at radius 2 is 2.03 bits per heavy atom. The first-order valence-corrected chi connectivity index (χ1v) is 12.5. The van der Waals surface area contributed by atoms with Crippen LogP contribution in [-0.4, -0.2) is 27.9 Å². The Morgan fingerprint density at radius 3 is 2.74 bits per heavy atom. The van der Waals surface area contributed by atoms with Gasteiger partial charge in [0.1, 0.15) is 27.7 Å². The number of hydrogen-bond acceptors (Lipinski definition) is 6. The quantitative estimate of drug-likeness (QED) is 0.340. The highest BCUT2D eigenvalue weighted by Gasteiger charge is 2.31. The second kappa shape index (κ2) is 8.38. The molecule has 0 bridgehead atoms. The van der Waals surface area contributed by atoms with Crippen molar-refractivity contribution in [3.8, 4) is 11.3 Å². The topological polar surface area (TPSA) is 123 Å². The number of hydrogen-bond donors (Lipinski definition) is 3. The van der Waals surface area contributed by atoms with E-state index in [1.54, 1.807) is 16.8 Å². The number of rotatable bonds is 6. The number of nitrogens with two attached hydrogens (primary N) is 1. The van der Waals surface area contributed by atoms with E-state index in [2.05, 4.69) is 14.7 Å². The first-order chi connectivity index (χ1) is 16.2. The Hall–Kier alpha value is -2.92. The molecule has 2 aromatic heterocycles. The lowest BCUT2D eigenvalue weighted by molar-refractivity contribution is 0.281. The molecule has 0 radical (unpaired) electrons. The van der Waals surface area contributed by atoms with Crippen LogP contribution in [0, 0.1) is 5.82 Å². The summed E-state index contributed by atoms with van der Waals surface area (Å²) in [5, 5.41) is 9.29. The molecular formula is C22H18Cl2FN5O3S. The van der Waals surface area contributed by atoms with Gasteiger partial charge in [-0.25, -0.2) is 22.8 Å². The van der Waals surface area contributed by atoms with Gasteiger partial charge in [0.25, 0.3) is 10.0 Å². The summed E-state index contributed by atoms with van der Waals surface area (Å²) in [6.45, 7) is -0.516. The van der Waals surface area contributed by atoms with E-state index in [9.17, 15) is 13.5 Å². The van der Waals surface area contributed by atoms with E-state index in [0.717, 1.165) is 24.7 Å². The zero-order valence-corrected chi connectivity index (χ0v) is 19.8. The molecule has 4 N–H and O–H groups in total. The average Bonchev–Trinajstić information content (AvgIpc) is 3.57. The summed E-state index contributed by atoms with van der Waals surface area (Å²) < 4.78 is 45.8. The lowest BCUT2D eigenvalue weighted by atomic mass is 10.1. The number of imidazole rings is 1. The number of anilines is 2. The van der Waals surface area contributed by atoms with Crippen molar-refractivity contribution < 1.29 is 17.9 Å². The molecule has 2 aromatic carbocycles. The molecule has 0 spiro atoms. The monoisotopic (exact) mass is 521 g/mol. The lowest BCUT2D eigenvalue weighted by Gasteiger charge is -2.14. The molecule has 4 aromatic rings. The third-order valence-electron chi connectivity index (χ3n) is 5.59. The highest BCUT2D eigenvalue weighted by atomic mass is 35.5. The van der Waals surface area contributed by atoms with Gasteiger partial charge in [0.05, 0.1) is 17.3 Å². The van der Waals surface area contributed by atoms with Crippen molar-refractivity contribution in [3.05, 3.63) is 70.0 Å². The molecule has 1 aliphatic carbocycles. The normalized spacial score (nSPS) is 14.0. The van der Waals surface area contributed by atoms with Gasteiger partial charge in [0.15, 0.2) is 5.82 Å². The highest BCUT2D eigenvalue weighted by Crippen LogP contribution is 2.43. The summed E-state index contributed by atoms with van der Waals surface area (Å²) in [4.78, 5) is 8.37. The van der Waals surface area contributed by atoms with Crippen molar-refractivity contribution in [1.29, 1.82) is 0 Å². The summed E-state index contributed by atoms with van der Waals surface area (Å²) in [5.41, 5.74) is 6.71. The van der Waals surface area contributed by atoms with Gasteiger partial charge in [-0.2, -0.15) is 0 Å². The standard InChI is InChI=1S/C22H18Cl2FN5O3S/c23-13-8-12(10-31)17(24)16(9-13)34(32,33)29-15-3-1-2-14(18(15)25)19-20-21(26)27-6-7-30(20)22(28-19)11-4-5-11/h1-3,6-9,11,29,31H,4-5,10H2,(H2,26,27). The minimum absolute atomic E-state index is 0.0584. The zero-order valence-electron chi connectivity index (χ0n) is 17.5. The molecular weight excluding hydrogens is 504 g/mol. The van der Waals surface area contributed by atoms with Crippen LogP contribution in [0.25, 0.3) is 16.8 Å². The third kappa shape index (κ3) is 3.86. The molecule has 1 aliphatic rings. The number of aromatic nitrogens is 3. The Labute approximate surface area is 204 Å². The fourth-order valence-electron chi connectivity index (χ4n) is 3.83. The van der Waals surface area contributed by atoms with Crippen LogP contribution in [0.3, 0.4) is 0 Å². The van der Waals surface area contributed by atoms with Crippen LogP contribution in [-0.2, 0) is 16.6 Å². The maximum Gasteiger partial charge on any atom is 0.263 e. The number of aliphatic hydroxyl groups is 1. The van der Waals surface area contributed by atoms with Gasteiger partial charge < -0.3 is 10.8 Å². The molecule has 0 aliphatic heterocycles. The Balaban J connectivity index is 1.61. The van der Waals surface area contributed by atoms with Crippen LogP contribution in [0.5, 0.6) is 0 Å². The first kappa shape index (κ1) is 22.9. The number of fused-ring (bicyclic) bond motifs is 1. The van der Waals surface area contributed by atoms with Crippen molar-refractivity contribution in [2.75, 3.05) is 10.5 Å². The van der Waals surface area contributed by atoms with E-state index in [0.29, 0.717) is 5.52 Å². The van der Waals surface area contributed by atoms with Gasteiger partial charge in [-0.1, -0.05) is 29.3 Å². The van der Waals surface area contributed by atoms with Crippen LogP contribution in [0.15, 0.2) is 47.6 Å². The molecule has 8 nitrogen and oxygen atoms in total. The molecule has 0 saturated heterocycles. The molecule has 0 atom stereocenters. The molecule has 1 saturated carbocycles. The number of sulfonamides is 1. The van der Waals surface area contributed by atoms with E-state index in [4.69, 9.17) is 28.9 Å². The highest BCUT2D eigenvalue weighted by molar-refractivity contribution is 7.92. The van der Waals surface area contributed by atoms with Crippen LogP contribution in [0.4, 0.5) is 15.9 Å². The largest absolute Gasteiger partial charge is 0.392 e. The van der Waals surface area contributed by atoms with Crippen molar-refractivity contribution in [2.24, 2.45) is 0 Å². The molecule has 34 heavy (non-hydrogen) atoms. The summed E-state index contributed by atoms with van der Waals surface area (Å²) in [6.07, 6.45) is 5.22. The maximum absolute atomic E-state index is 15.7. The fraction of sp³-hybridized carbons (Fsp3) is 0.182. The van der Waals surface area contributed by atoms with Crippen LogP contribution in [0.2, 0.25) is 10.0 Å². The molecule has 176 valence electrons. The summed E-state index contributed by atoms with van der Waals surface area (Å²) in [6, 6.07) is 6.76. The van der Waals surface area contributed by atoms with E-state index in [1.165, 1.54) is 24.3 Å².